The molecule has 0 aliphatic carbocycles. The van der Waals surface area contributed by atoms with Gasteiger partial charge in [-0.25, -0.2) is 4.98 Å². The van der Waals surface area contributed by atoms with Crippen molar-refractivity contribution < 1.29 is 9.59 Å². The van der Waals surface area contributed by atoms with E-state index in [1.165, 1.54) is 0 Å². The Morgan fingerprint density at radius 3 is 2.50 bits per heavy atom. The highest BCUT2D eigenvalue weighted by molar-refractivity contribution is 5.90. The van der Waals surface area contributed by atoms with Gasteiger partial charge in [0.2, 0.25) is 11.8 Å². The lowest BCUT2D eigenvalue weighted by molar-refractivity contribution is -0.126. The summed E-state index contributed by atoms with van der Waals surface area (Å²) < 4.78 is 0. The van der Waals surface area contributed by atoms with Crippen molar-refractivity contribution in [3.05, 3.63) is 59.8 Å². The molecule has 6 nitrogen and oxygen atoms in total. The molecule has 138 valence electrons. The van der Waals surface area contributed by atoms with E-state index in [2.05, 4.69) is 15.6 Å². The van der Waals surface area contributed by atoms with Crippen LogP contribution in [0, 0.1) is 6.92 Å². The van der Waals surface area contributed by atoms with Gasteiger partial charge in [-0.15, -0.1) is 0 Å². The quantitative estimate of drug-likeness (QED) is 0.764. The molecule has 0 spiro atoms. The SMILES string of the molecule is CCN(C)[C@H](C(=O)NCCC(=O)Nc1ccc(C)cn1)c1ccccc1. The zero-order valence-electron chi connectivity index (χ0n) is 15.5. The Morgan fingerprint density at radius 2 is 1.88 bits per heavy atom. The van der Waals surface area contributed by atoms with E-state index < -0.39 is 0 Å². The second kappa shape index (κ2) is 9.68. The highest BCUT2D eigenvalue weighted by Crippen LogP contribution is 2.19. The Balaban J connectivity index is 1.87. The minimum Gasteiger partial charge on any atom is -0.354 e. The highest BCUT2D eigenvalue weighted by atomic mass is 16.2. The van der Waals surface area contributed by atoms with E-state index >= 15 is 0 Å². The number of hydrogen-bond acceptors (Lipinski definition) is 4. The zero-order chi connectivity index (χ0) is 18.9. The molecule has 26 heavy (non-hydrogen) atoms. The Kier molecular flexibility index (Phi) is 7.29. The number of carbonyl (C=O) groups is 2. The summed E-state index contributed by atoms with van der Waals surface area (Å²) in [4.78, 5) is 30.7. The second-order valence-corrected chi connectivity index (χ2v) is 6.20. The molecule has 6 heteroatoms. The summed E-state index contributed by atoms with van der Waals surface area (Å²) in [6.45, 7) is 4.96. The molecule has 0 fully saturated rings. The van der Waals surface area contributed by atoms with Crippen LogP contribution in [0.3, 0.4) is 0 Å². The van der Waals surface area contributed by atoms with Gasteiger partial charge in [0.1, 0.15) is 11.9 Å². The first kappa shape index (κ1) is 19.6. The average Bonchev–Trinajstić information content (AvgIpc) is 2.64. The number of amides is 2. The zero-order valence-corrected chi connectivity index (χ0v) is 15.5. The topological polar surface area (TPSA) is 74.3 Å². The van der Waals surface area contributed by atoms with Crippen LogP contribution in [0.2, 0.25) is 0 Å². The molecule has 2 rings (SSSR count). The van der Waals surface area contributed by atoms with Crippen molar-refractivity contribution in [1.29, 1.82) is 0 Å². The Hall–Kier alpha value is -2.73. The molecule has 2 N–H and O–H groups in total. The minimum atomic E-state index is -0.372. The third kappa shape index (κ3) is 5.67. The van der Waals surface area contributed by atoms with Gasteiger partial charge in [0.05, 0.1) is 0 Å². The summed E-state index contributed by atoms with van der Waals surface area (Å²) in [5.41, 5.74) is 1.96. The van der Waals surface area contributed by atoms with Gasteiger partial charge in [0, 0.05) is 19.2 Å². The van der Waals surface area contributed by atoms with E-state index in [-0.39, 0.29) is 30.8 Å². The predicted octanol–water partition coefficient (Wildman–Crippen LogP) is 2.53. The lowest BCUT2D eigenvalue weighted by Crippen LogP contribution is -2.39. The molecule has 1 aromatic heterocycles. The Labute approximate surface area is 154 Å². The molecule has 1 atom stereocenters. The first-order valence-corrected chi connectivity index (χ1v) is 8.76. The van der Waals surface area contributed by atoms with Gasteiger partial charge in [-0.05, 0) is 37.7 Å². The van der Waals surface area contributed by atoms with Crippen LogP contribution in [-0.4, -0.2) is 41.8 Å². The van der Waals surface area contributed by atoms with Crippen LogP contribution in [0.5, 0.6) is 0 Å². The van der Waals surface area contributed by atoms with E-state index in [0.29, 0.717) is 5.82 Å². The summed E-state index contributed by atoms with van der Waals surface area (Å²) in [6, 6.07) is 12.9. The van der Waals surface area contributed by atoms with Gasteiger partial charge in [0.25, 0.3) is 0 Å². The van der Waals surface area contributed by atoms with E-state index in [0.717, 1.165) is 17.7 Å². The molecule has 0 unspecified atom stereocenters. The summed E-state index contributed by atoms with van der Waals surface area (Å²) in [6.07, 6.45) is 1.89. The number of nitrogens with zero attached hydrogens (tertiary/aromatic N) is 2. The third-order valence-electron chi connectivity index (χ3n) is 4.13. The number of rotatable bonds is 8. The molecule has 2 aromatic rings. The number of anilines is 1. The van der Waals surface area contributed by atoms with Crippen LogP contribution in [0.15, 0.2) is 48.7 Å². The largest absolute Gasteiger partial charge is 0.354 e. The van der Waals surface area contributed by atoms with Gasteiger partial charge in [0.15, 0.2) is 0 Å². The van der Waals surface area contributed by atoms with Gasteiger partial charge < -0.3 is 10.6 Å². The molecule has 1 heterocycles. The summed E-state index contributed by atoms with van der Waals surface area (Å²) >= 11 is 0. The molecule has 2 amide bonds. The lowest BCUT2D eigenvalue weighted by Gasteiger charge is -2.26. The van der Waals surface area contributed by atoms with Gasteiger partial charge in [-0.2, -0.15) is 0 Å². The Morgan fingerprint density at radius 1 is 1.15 bits per heavy atom. The normalized spacial score (nSPS) is 11.8. The molecule has 0 radical (unpaired) electrons. The van der Waals surface area contributed by atoms with E-state index in [4.69, 9.17) is 0 Å². The molecule has 0 aliphatic rings. The summed E-state index contributed by atoms with van der Waals surface area (Å²) in [5.74, 6) is 0.225. The fraction of sp³-hybridized carbons (Fsp3) is 0.350. The molecule has 1 aromatic carbocycles. The number of aromatic nitrogens is 1. The molecular formula is C20H26N4O2. The van der Waals surface area contributed by atoms with E-state index in [1.807, 2.05) is 62.2 Å². The average molecular weight is 354 g/mol. The molecule has 0 bridgehead atoms. The number of likely N-dealkylation sites (N-methyl/N-ethyl adjacent to an activating group) is 1. The molecule has 0 aliphatic heterocycles. The highest BCUT2D eigenvalue weighted by Gasteiger charge is 2.23. The molecular weight excluding hydrogens is 328 g/mol. The van der Waals surface area contributed by atoms with Crippen molar-refractivity contribution in [2.24, 2.45) is 0 Å². The van der Waals surface area contributed by atoms with E-state index in [9.17, 15) is 9.59 Å². The fourth-order valence-electron chi connectivity index (χ4n) is 2.57. The standard InChI is InChI=1S/C20H26N4O2/c1-4-24(3)19(16-8-6-5-7-9-16)20(26)21-13-12-18(25)23-17-11-10-15(2)14-22-17/h5-11,14,19H,4,12-13H2,1-3H3,(H,21,26)(H,22,23,25)/t19-/m0/s1. The maximum absolute atomic E-state index is 12.6. The van der Waals surface area contributed by atoms with Gasteiger partial charge >= 0.3 is 0 Å². The molecule has 0 saturated carbocycles. The monoisotopic (exact) mass is 354 g/mol. The number of carbonyl (C=O) groups excluding carboxylic acids is 2. The third-order valence-corrected chi connectivity index (χ3v) is 4.13. The maximum Gasteiger partial charge on any atom is 0.241 e. The minimum absolute atomic E-state index is 0.109. The molecule has 0 saturated heterocycles. The number of nitrogens with one attached hydrogen (secondary N) is 2. The van der Waals surface area contributed by atoms with Crippen LogP contribution >= 0.6 is 0 Å². The van der Waals surface area contributed by atoms with Crippen molar-refractivity contribution in [3.63, 3.8) is 0 Å². The van der Waals surface area contributed by atoms with Crippen LogP contribution < -0.4 is 10.6 Å². The summed E-state index contributed by atoms with van der Waals surface area (Å²) in [7, 11) is 1.91. The number of hydrogen-bond donors (Lipinski definition) is 2. The number of benzene rings is 1. The number of aryl methyl sites for hydroxylation is 1. The van der Waals surface area contributed by atoms with Gasteiger partial charge in [-0.3, -0.25) is 14.5 Å². The fourth-order valence-corrected chi connectivity index (χ4v) is 2.57. The van der Waals surface area contributed by atoms with Crippen molar-refractivity contribution in [2.75, 3.05) is 25.5 Å². The first-order chi connectivity index (χ1) is 12.5. The van der Waals surface area contributed by atoms with Crippen LogP contribution in [0.1, 0.15) is 30.5 Å². The maximum atomic E-state index is 12.6. The van der Waals surface area contributed by atoms with Crippen LogP contribution in [0.4, 0.5) is 5.82 Å². The van der Waals surface area contributed by atoms with Crippen LogP contribution in [0.25, 0.3) is 0 Å². The van der Waals surface area contributed by atoms with Crippen molar-refractivity contribution in [1.82, 2.24) is 15.2 Å². The van der Waals surface area contributed by atoms with Gasteiger partial charge in [-0.1, -0.05) is 43.3 Å². The van der Waals surface area contributed by atoms with Crippen LogP contribution in [-0.2, 0) is 9.59 Å². The smallest absolute Gasteiger partial charge is 0.241 e. The van der Waals surface area contributed by atoms with Crippen molar-refractivity contribution in [2.45, 2.75) is 26.3 Å². The first-order valence-electron chi connectivity index (χ1n) is 8.76. The number of pyridine rings is 1. The predicted molar refractivity (Wildman–Crippen MR) is 103 cm³/mol. The Bertz CT molecular complexity index is 716. The second-order valence-electron chi connectivity index (χ2n) is 6.20. The van der Waals surface area contributed by atoms with Crippen molar-refractivity contribution >= 4 is 17.6 Å². The summed E-state index contributed by atoms with van der Waals surface area (Å²) in [5, 5.41) is 5.59. The van der Waals surface area contributed by atoms with E-state index in [1.54, 1.807) is 12.3 Å². The van der Waals surface area contributed by atoms with Crippen molar-refractivity contribution in [3.8, 4) is 0 Å². The lowest BCUT2D eigenvalue weighted by atomic mass is 10.0.